The van der Waals surface area contributed by atoms with Crippen LogP contribution < -0.4 is 0 Å². The average molecular weight is 336 g/mol. The zero-order chi connectivity index (χ0) is 16.8. The Labute approximate surface area is 136 Å². The molecule has 0 amide bonds. The number of halogens is 2. The number of nitro groups is 1. The van der Waals surface area contributed by atoms with Crippen molar-refractivity contribution in [3.63, 3.8) is 0 Å². The highest BCUT2D eigenvalue weighted by Gasteiger charge is 2.09. The van der Waals surface area contributed by atoms with E-state index in [1.807, 2.05) is 0 Å². The van der Waals surface area contributed by atoms with Crippen molar-refractivity contribution in [2.24, 2.45) is 0 Å². The molecule has 0 bridgehead atoms. The van der Waals surface area contributed by atoms with Crippen LogP contribution in [-0.4, -0.2) is 10.9 Å². The Hall–Kier alpha value is -2.73. The molecule has 2 aromatic rings. The third kappa shape index (κ3) is 4.62. The average Bonchev–Trinajstić information content (AvgIpc) is 2.53. The van der Waals surface area contributed by atoms with Crippen LogP contribution >= 0.6 is 11.6 Å². The lowest BCUT2D eigenvalue weighted by Gasteiger charge is -2.05. The Morgan fingerprint density at radius 3 is 2.57 bits per heavy atom. The van der Waals surface area contributed by atoms with E-state index < -0.39 is 16.7 Å². The molecular weight excluding hydrogens is 325 g/mol. The van der Waals surface area contributed by atoms with Crippen molar-refractivity contribution in [1.82, 2.24) is 0 Å². The Morgan fingerprint density at radius 2 is 1.96 bits per heavy atom. The van der Waals surface area contributed by atoms with E-state index in [9.17, 15) is 19.3 Å². The summed E-state index contributed by atoms with van der Waals surface area (Å²) < 4.78 is 18.4. The number of benzene rings is 2. The fraction of sp³-hybridized carbons (Fsp3) is 0.0625. The van der Waals surface area contributed by atoms with Crippen molar-refractivity contribution in [3.8, 4) is 0 Å². The van der Waals surface area contributed by atoms with Crippen LogP contribution in [0.1, 0.15) is 11.1 Å². The second kappa shape index (κ2) is 7.51. The third-order valence-electron chi connectivity index (χ3n) is 2.94. The first kappa shape index (κ1) is 16.6. The first-order chi connectivity index (χ1) is 11.0. The fourth-order valence-corrected chi connectivity index (χ4v) is 1.95. The SMILES string of the molecule is O=C(C=Cc1ccc([N+](=O)[O-])cc1)OCc1c(F)cccc1Cl. The number of hydrogen-bond acceptors (Lipinski definition) is 4. The molecule has 0 aliphatic heterocycles. The lowest BCUT2D eigenvalue weighted by Crippen LogP contribution is -2.03. The van der Waals surface area contributed by atoms with Gasteiger partial charge in [-0.25, -0.2) is 9.18 Å². The Balaban J connectivity index is 1.95. The van der Waals surface area contributed by atoms with E-state index in [0.29, 0.717) is 5.56 Å². The molecule has 0 N–H and O–H groups in total. The van der Waals surface area contributed by atoms with E-state index in [4.69, 9.17) is 16.3 Å². The summed E-state index contributed by atoms with van der Waals surface area (Å²) in [6.07, 6.45) is 2.59. The molecule has 0 aliphatic carbocycles. The number of nitro benzene ring substituents is 1. The fourth-order valence-electron chi connectivity index (χ4n) is 1.73. The normalized spacial score (nSPS) is 10.7. The van der Waals surface area contributed by atoms with Crippen molar-refractivity contribution in [1.29, 1.82) is 0 Å². The van der Waals surface area contributed by atoms with Gasteiger partial charge in [0.2, 0.25) is 0 Å². The molecule has 0 unspecified atom stereocenters. The molecule has 2 aromatic carbocycles. The molecule has 0 radical (unpaired) electrons. The second-order valence-electron chi connectivity index (χ2n) is 4.49. The van der Waals surface area contributed by atoms with Crippen LogP contribution in [0.2, 0.25) is 5.02 Å². The van der Waals surface area contributed by atoms with Gasteiger partial charge in [-0.2, -0.15) is 0 Å². The molecule has 2 rings (SSSR count). The van der Waals surface area contributed by atoms with Gasteiger partial charge in [0, 0.05) is 23.8 Å². The number of ether oxygens (including phenoxy) is 1. The van der Waals surface area contributed by atoms with E-state index in [2.05, 4.69) is 0 Å². The zero-order valence-corrected chi connectivity index (χ0v) is 12.5. The topological polar surface area (TPSA) is 69.4 Å². The molecule has 0 spiro atoms. The number of esters is 1. The lowest BCUT2D eigenvalue weighted by molar-refractivity contribution is -0.384. The van der Waals surface area contributed by atoms with Gasteiger partial charge < -0.3 is 4.74 Å². The number of hydrogen-bond donors (Lipinski definition) is 0. The summed E-state index contributed by atoms with van der Waals surface area (Å²) in [5.74, 6) is -1.23. The van der Waals surface area contributed by atoms with Crippen LogP contribution in [0.4, 0.5) is 10.1 Å². The number of nitrogens with zero attached hydrogens (tertiary/aromatic N) is 1. The van der Waals surface area contributed by atoms with Crippen molar-refractivity contribution >= 4 is 29.3 Å². The van der Waals surface area contributed by atoms with Gasteiger partial charge in [-0.15, -0.1) is 0 Å². The molecule has 0 atom stereocenters. The summed E-state index contributed by atoms with van der Waals surface area (Å²) >= 11 is 5.82. The van der Waals surface area contributed by atoms with E-state index in [0.717, 1.165) is 6.08 Å². The van der Waals surface area contributed by atoms with Crippen LogP contribution in [0.5, 0.6) is 0 Å². The van der Waals surface area contributed by atoms with Gasteiger partial charge in [0.25, 0.3) is 5.69 Å². The van der Waals surface area contributed by atoms with Gasteiger partial charge in [-0.05, 0) is 35.9 Å². The predicted octanol–water partition coefficient (Wildman–Crippen LogP) is 4.14. The van der Waals surface area contributed by atoms with Gasteiger partial charge in [0.05, 0.1) is 9.95 Å². The number of carbonyl (C=O) groups is 1. The molecule has 0 aromatic heterocycles. The van der Waals surface area contributed by atoms with Crippen molar-refractivity contribution < 1.29 is 18.8 Å². The molecular formula is C16H11ClFNO4. The summed E-state index contributed by atoms with van der Waals surface area (Å²) in [7, 11) is 0. The highest BCUT2D eigenvalue weighted by molar-refractivity contribution is 6.31. The Kier molecular flexibility index (Phi) is 5.43. The van der Waals surface area contributed by atoms with Crippen molar-refractivity contribution in [3.05, 3.63) is 80.6 Å². The summed E-state index contributed by atoms with van der Waals surface area (Å²) in [4.78, 5) is 21.6. The second-order valence-corrected chi connectivity index (χ2v) is 4.90. The van der Waals surface area contributed by atoms with E-state index >= 15 is 0 Å². The maximum Gasteiger partial charge on any atom is 0.331 e. The van der Waals surface area contributed by atoms with Crippen LogP contribution in [0.15, 0.2) is 48.5 Å². The highest BCUT2D eigenvalue weighted by atomic mass is 35.5. The number of non-ortho nitro benzene ring substituents is 1. The van der Waals surface area contributed by atoms with Gasteiger partial charge in [0.15, 0.2) is 0 Å². The van der Waals surface area contributed by atoms with E-state index in [-0.39, 0.29) is 22.9 Å². The van der Waals surface area contributed by atoms with Crippen molar-refractivity contribution in [2.45, 2.75) is 6.61 Å². The summed E-state index contributed by atoms with van der Waals surface area (Å²) in [5, 5.41) is 10.7. The van der Waals surface area contributed by atoms with Gasteiger partial charge >= 0.3 is 5.97 Å². The lowest BCUT2D eigenvalue weighted by atomic mass is 10.2. The third-order valence-corrected chi connectivity index (χ3v) is 3.29. The number of carbonyl (C=O) groups excluding carboxylic acids is 1. The quantitative estimate of drug-likeness (QED) is 0.356. The Morgan fingerprint density at radius 1 is 1.26 bits per heavy atom. The minimum absolute atomic E-state index is 0.0427. The first-order valence-corrected chi connectivity index (χ1v) is 6.87. The predicted molar refractivity (Wildman–Crippen MR) is 83.3 cm³/mol. The summed E-state index contributed by atoms with van der Waals surface area (Å²) in [6.45, 7) is -0.283. The minimum Gasteiger partial charge on any atom is -0.457 e. The molecule has 0 saturated heterocycles. The van der Waals surface area contributed by atoms with Crippen LogP contribution in [-0.2, 0) is 16.1 Å². The van der Waals surface area contributed by atoms with Crippen LogP contribution in [0, 0.1) is 15.9 Å². The van der Waals surface area contributed by atoms with Crippen molar-refractivity contribution in [2.75, 3.05) is 0 Å². The van der Waals surface area contributed by atoms with Crippen LogP contribution in [0.25, 0.3) is 6.08 Å². The molecule has 7 heteroatoms. The monoisotopic (exact) mass is 335 g/mol. The van der Waals surface area contributed by atoms with Crippen LogP contribution in [0.3, 0.4) is 0 Å². The van der Waals surface area contributed by atoms with Gasteiger partial charge in [-0.3, -0.25) is 10.1 Å². The molecule has 0 aliphatic rings. The smallest absolute Gasteiger partial charge is 0.331 e. The van der Waals surface area contributed by atoms with Gasteiger partial charge in [0.1, 0.15) is 12.4 Å². The maximum absolute atomic E-state index is 13.5. The Bertz CT molecular complexity index is 739. The van der Waals surface area contributed by atoms with Gasteiger partial charge in [-0.1, -0.05) is 17.7 Å². The summed E-state index contributed by atoms with van der Waals surface area (Å²) in [6, 6.07) is 9.82. The molecule has 0 heterocycles. The zero-order valence-electron chi connectivity index (χ0n) is 11.7. The molecule has 0 fully saturated rings. The van der Waals surface area contributed by atoms with E-state index in [1.165, 1.54) is 48.5 Å². The van der Waals surface area contributed by atoms with E-state index in [1.54, 1.807) is 0 Å². The summed E-state index contributed by atoms with van der Waals surface area (Å²) in [5.41, 5.74) is 0.654. The maximum atomic E-state index is 13.5. The number of rotatable bonds is 5. The molecule has 0 saturated carbocycles. The highest BCUT2D eigenvalue weighted by Crippen LogP contribution is 2.20. The molecule has 23 heavy (non-hydrogen) atoms. The largest absolute Gasteiger partial charge is 0.457 e. The molecule has 5 nitrogen and oxygen atoms in total. The molecule has 118 valence electrons. The minimum atomic E-state index is -0.678. The standard InChI is InChI=1S/C16H11ClFNO4/c17-14-2-1-3-15(18)13(14)10-23-16(20)9-6-11-4-7-12(8-5-11)19(21)22/h1-9H,10H2. The first-order valence-electron chi connectivity index (χ1n) is 6.49.